The van der Waals surface area contributed by atoms with Crippen LogP contribution in [0, 0.1) is 0 Å². The smallest absolute Gasteiger partial charge is 0.332 e. The van der Waals surface area contributed by atoms with Crippen molar-refractivity contribution >= 4 is 5.97 Å². The van der Waals surface area contributed by atoms with Gasteiger partial charge >= 0.3 is 5.97 Å². The Morgan fingerprint density at radius 3 is 2.50 bits per heavy atom. The molecule has 0 saturated carbocycles. The average Bonchev–Trinajstić information content (AvgIpc) is 1.87. The van der Waals surface area contributed by atoms with Crippen LogP contribution >= 0.6 is 0 Å². The Morgan fingerprint density at radius 1 is 1.70 bits per heavy atom. The predicted octanol–water partition coefficient (Wildman–Crippen LogP) is -0.143. The van der Waals surface area contributed by atoms with E-state index in [-0.39, 0.29) is 12.5 Å². The molecule has 0 aliphatic carbocycles. The predicted molar refractivity (Wildman–Crippen MR) is 34.7 cm³/mol. The number of rotatable bonds is 4. The minimum atomic E-state index is -1.31. The molecule has 2 atom stereocenters. The maximum absolute atomic E-state index is 10.0. The van der Waals surface area contributed by atoms with Gasteiger partial charge in [-0.05, 0) is 6.92 Å². The van der Waals surface area contributed by atoms with Crippen LogP contribution in [0.15, 0.2) is 0 Å². The van der Waals surface area contributed by atoms with Gasteiger partial charge in [-0.15, -0.1) is 0 Å². The second kappa shape index (κ2) is 4.24. The van der Waals surface area contributed by atoms with Gasteiger partial charge in [-0.2, -0.15) is 0 Å². The molecule has 0 aromatic rings. The number of ether oxygens (including phenoxy) is 1. The Balaban J connectivity index is 3.56. The van der Waals surface area contributed by atoms with E-state index in [1.165, 1.54) is 7.11 Å². The lowest BCUT2D eigenvalue weighted by atomic mass is 10.2. The van der Waals surface area contributed by atoms with Gasteiger partial charge in [0.25, 0.3) is 0 Å². The molecule has 0 radical (unpaired) electrons. The van der Waals surface area contributed by atoms with E-state index < -0.39 is 12.1 Å². The molecule has 0 fully saturated rings. The molecule has 0 heterocycles. The van der Waals surface area contributed by atoms with E-state index in [0.717, 1.165) is 0 Å². The van der Waals surface area contributed by atoms with Gasteiger partial charge in [-0.1, -0.05) is 0 Å². The average molecular weight is 148 g/mol. The summed E-state index contributed by atoms with van der Waals surface area (Å²) in [5.74, 6) is -1.20. The summed E-state index contributed by atoms with van der Waals surface area (Å²) in [6.45, 7) is 1.70. The third-order valence-corrected chi connectivity index (χ3v) is 1.24. The molecule has 0 spiro atoms. The van der Waals surface area contributed by atoms with Gasteiger partial charge in [0.15, 0.2) is 6.10 Å². The summed E-state index contributed by atoms with van der Waals surface area (Å²) in [6, 6.07) is 0. The van der Waals surface area contributed by atoms with Crippen LogP contribution in [0.1, 0.15) is 13.3 Å². The van der Waals surface area contributed by atoms with Gasteiger partial charge in [-0.25, -0.2) is 4.79 Å². The number of methoxy groups -OCH3 is 1. The Kier molecular flexibility index (Phi) is 3.99. The van der Waals surface area contributed by atoms with Gasteiger partial charge in [0.05, 0.1) is 6.10 Å². The SMILES string of the molecule is COC(C)C[C@@H](O)C(=O)O. The highest BCUT2D eigenvalue weighted by Gasteiger charge is 2.15. The second-order valence-electron chi connectivity index (χ2n) is 2.14. The Bertz CT molecular complexity index is 112. The number of carboxylic acids is 1. The zero-order chi connectivity index (χ0) is 8.15. The molecular formula is C6H12O4. The molecule has 10 heavy (non-hydrogen) atoms. The number of hydrogen-bond acceptors (Lipinski definition) is 3. The fraction of sp³-hybridized carbons (Fsp3) is 0.833. The van der Waals surface area contributed by atoms with E-state index >= 15 is 0 Å². The van der Waals surface area contributed by atoms with Crippen LogP contribution in [0.5, 0.6) is 0 Å². The molecule has 0 aromatic carbocycles. The quantitative estimate of drug-likeness (QED) is 0.582. The molecule has 0 aliphatic rings. The van der Waals surface area contributed by atoms with E-state index in [4.69, 9.17) is 14.9 Å². The first-order valence-electron chi connectivity index (χ1n) is 3.01. The molecule has 0 rings (SSSR count). The minimum absolute atomic E-state index is 0.131. The maximum atomic E-state index is 10.0. The molecule has 4 nitrogen and oxygen atoms in total. The van der Waals surface area contributed by atoms with E-state index in [9.17, 15) is 4.79 Å². The number of aliphatic carboxylic acids is 1. The number of carbonyl (C=O) groups is 1. The third kappa shape index (κ3) is 3.42. The minimum Gasteiger partial charge on any atom is -0.479 e. The van der Waals surface area contributed by atoms with Crippen LogP contribution in [0.25, 0.3) is 0 Å². The topological polar surface area (TPSA) is 66.8 Å². The Hall–Kier alpha value is -0.610. The summed E-state index contributed by atoms with van der Waals surface area (Å²) in [7, 11) is 1.47. The summed E-state index contributed by atoms with van der Waals surface area (Å²) >= 11 is 0. The number of aliphatic hydroxyl groups excluding tert-OH is 1. The van der Waals surface area contributed by atoms with E-state index in [2.05, 4.69) is 0 Å². The Labute approximate surface area is 59.4 Å². The summed E-state index contributed by atoms with van der Waals surface area (Å²) in [5.41, 5.74) is 0. The van der Waals surface area contributed by atoms with E-state index in [1.807, 2.05) is 0 Å². The molecule has 1 unspecified atom stereocenters. The molecule has 0 aliphatic heterocycles. The van der Waals surface area contributed by atoms with Crippen LogP contribution < -0.4 is 0 Å². The molecule has 2 N–H and O–H groups in total. The number of aliphatic hydroxyl groups is 1. The molecule has 0 aromatic heterocycles. The molecule has 0 bridgehead atoms. The van der Waals surface area contributed by atoms with E-state index in [1.54, 1.807) is 6.92 Å². The van der Waals surface area contributed by atoms with E-state index in [0.29, 0.717) is 0 Å². The van der Waals surface area contributed by atoms with Crippen molar-refractivity contribution in [2.75, 3.05) is 7.11 Å². The van der Waals surface area contributed by atoms with Crippen molar-refractivity contribution in [1.82, 2.24) is 0 Å². The highest BCUT2D eigenvalue weighted by atomic mass is 16.5. The van der Waals surface area contributed by atoms with Gasteiger partial charge in [0, 0.05) is 13.5 Å². The first kappa shape index (κ1) is 9.39. The molecule has 60 valence electrons. The van der Waals surface area contributed by atoms with Gasteiger partial charge in [0.2, 0.25) is 0 Å². The highest BCUT2D eigenvalue weighted by Crippen LogP contribution is 2.00. The van der Waals surface area contributed by atoms with Crippen molar-refractivity contribution in [2.24, 2.45) is 0 Å². The van der Waals surface area contributed by atoms with Crippen LogP contribution in [0.2, 0.25) is 0 Å². The van der Waals surface area contributed by atoms with Gasteiger partial charge in [0.1, 0.15) is 0 Å². The van der Waals surface area contributed by atoms with Crippen LogP contribution in [-0.2, 0) is 9.53 Å². The number of carboxylic acid groups (broad SMARTS) is 1. The zero-order valence-corrected chi connectivity index (χ0v) is 6.07. The maximum Gasteiger partial charge on any atom is 0.332 e. The van der Waals surface area contributed by atoms with Crippen LogP contribution in [-0.4, -0.2) is 35.5 Å². The van der Waals surface area contributed by atoms with Crippen molar-refractivity contribution in [3.05, 3.63) is 0 Å². The fourth-order valence-electron chi connectivity index (χ4n) is 0.511. The van der Waals surface area contributed by atoms with Gasteiger partial charge < -0.3 is 14.9 Å². The van der Waals surface area contributed by atoms with Crippen molar-refractivity contribution in [2.45, 2.75) is 25.6 Å². The standard InChI is InChI=1S/C6H12O4/c1-4(10-2)3-5(7)6(8)9/h4-5,7H,3H2,1-2H3,(H,8,9)/t4?,5-/m1/s1. The summed E-state index contributed by atoms with van der Waals surface area (Å²) in [6.07, 6.45) is -1.40. The van der Waals surface area contributed by atoms with Crippen molar-refractivity contribution in [3.63, 3.8) is 0 Å². The van der Waals surface area contributed by atoms with Crippen LogP contribution in [0.3, 0.4) is 0 Å². The molecule has 4 heteroatoms. The molecule has 0 saturated heterocycles. The zero-order valence-electron chi connectivity index (χ0n) is 6.07. The first-order valence-corrected chi connectivity index (χ1v) is 3.01. The van der Waals surface area contributed by atoms with Crippen molar-refractivity contribution in [1.29, 1.82) is 0 Å². The van der Waals surface area contributed by atoms with Crippen LogP contribution in [0.4, 0.5) is 0 Å². The lowest BCUT2D eigenvalue weighted by molar-refractivity contribution is -0.148. The summed E-state index contributed by atoms with van der Waals surface area (Å²) in [5, 5.41) is 17.0. The second-order valence-corrected chi connectivity index (χ2v) is 2.14. The monoisotopic (exact) mass is 148 g/mol. The molecular weight excluding hydrogens is 136 g/mol. The largest absolute Gasteiger partial charge is 0.479 e. The lowest BCUT2D eigenvalue weighted by Crippen LogP contribution is -2.24. The number of hydrogen-bond donors (Lipinski definition) is 2. The summed E-state index contributed by atoms with van der Waals surface area (Å²) < 4.78 is 4.75. The highest BCUT2D eigenvalue weighted by molar-refractivity contribution is 5.71. The first-order chi connectivity index (χ1) is 4.57. The Morgan fingerprint density at radius 2 is 2.20 bits per heavy atom. The fourth-order valence-corrected chi connectivity index (χ4v) is 0.511. The van der Waals surface area contributed by atoms with Gasteiger partial charge in [-0.3, -0.25) is 0 Å². The summed E-state index contributed by atoms with van der Waals surface area (Å²) in [4.78, 5) is 10.0. The van der Waals surface area contributed by atoms with Crippen molar-refractivity contribution in [3.8, 4) is 0 Å². The lowest BCUT2D eigenvalue weighted by Gasteiger charge is -2.10. The van der Waals surface area contributed by atoms with Crippen molar-refractivity contribution < 1.29 is 19.7 Å². The normalized spacial score (nSPS) is 16.3. The third-order valence-electron chi connectivity index (χ3n) is 1.24. The molecule has 0 amide bonds.